The standard InChI is InChI=1S/C11H12N4O5S.K/c1-6(5-14-3-2-12-13-14)10-9(11(17)18)15-7(16)4-8(15)21(10,19)20;/h2-3,8-9H,4-5H2,1H3,(H,17,18);/q;+1/p-1/b10-6+;/t8?,9-;/m1./s1. The fraction of sp³-hybridized carbons (Fsp3) is 0.455. The minimum Gasteiger partial charge on any atom is -0.547 e. The average Bonchev–Trinajstić information content (AvgIpc) is 2.92. The van der Waals surface area contributed by atoms with Gasteiger partial charge in [0.25, 0.3) is 0 Å². The van der Waals surface area contributed by atoms with Crippen molar-refractivity contribution in [3.63, 3.8) is 0 Å². The number of β-lactam (4-membered cyclic amide) rings is 1. The molecule has 0 saturated carbocycles. The average molecular weight is 350 g/mol. The van der Waals surface area contributed by atoms with Gasteiger partial charge in [-0.05, 0) is 12.5 Å². The molecule has 3 heterocycles. The molecule has 0 bridgehead atoms. The molecule has 112 valence electrons. The van der Waals surface area contributed by atoms with Crippen molar-refractivity contribution in [3.8, 4) is 0 Å². The van der Waals surface area contributed by atoms with Crippen molar-refractivity contribution in [1.29, 1.82) is 0 Å². The third-order valence-corrected chi connectivity index (χ3v) is 5.95. The van der Waals surface area contributed by atoms with Crippen molar-refractivity contribution < 1.29 is 74.5 Å². The normalized spacial score (nSPS) is 27.7. The van der Waals surface area contributed by atoms with Crippen LogP contribution in [0, 0.1) is 0 Å². The summed E-state index contributed by atoms with van der Waals surface area (Å²) in [5.41, 5.74) is 0.303. The molecule has 2 saturated heterocycles. The van der Waals surface area contributed by atoms with Gasteiger partial charge in [0.1, 0.15) is 11.4 Å². The molecule has 2 fully saturated rings. The van der Waals surface area contributed by atoms with Crippen molar-refractivity contribution in [2.75, 3.05) is 0 Å². The Labute approximate surface area is 168 Å². The molecule has 0 radical (unpaired) electrons. The number of carbonyl (C=O) groups is 2. The first-order valence-electron chi connectivity index (χ1n) is 6.13. The van der Waals surface area contributed by atoms with Gasteiger partial charge in [-0.1, -0.05) is 5.21 Å². The number of carbonyl (C=O) groups excluding carboxylic acids is 2. The van der Waals surface area contributed by atoms with Gasteiger partial charge in [0.15, 0.2) is 9.84 Å². The van der Waals surface area contributed by atoms with Gasteiger partial charge in [-0.15, -0.1) is 5.10 Å². The summed E-state index contributed by atoms with van der Waals surface area (Å²) in [4.78, 5) is 23.4. The number of aromatic nitrogens is 3. The first kappa shape index (κ1) is 17.8. The van der Waals surface area contributed by atoms with E-state index in [1.807, 2.05) is 0 Å². The minimum atomic E-state index is -3.86. The molecule has 0 aliphatic carbocycles. The molecule has 1 aromatic heterocycles. The van der Waals surface area contributed by atoms with E-state index in [-0.39, 0.29) is 69.3 Å². The number of rotatable bonds is 3. The fourth-order valence-electron chi connectivity index (χ4n) is 2.73. The molecular weight excluding hydrogens is 339 g/mol. The Hall–Kier alpha value is -0.594. The Kier molecular flexibility index (Phi) is 4.95. The summed E-state index contributed by atoms with van der Waals surface area (Å²) < 4.78 is 26.2. The van der Waals surface area contributed by atoms with Crippen LogP contribution in [0.2, 0.25) is 0 Å². The SMILES string of the molecule is C/C(Cn1ccnn1)=C1/[C@H](C(=O)[O-])N2C(=O)CC2S1(=O)=O.[K+]. The van der Waals surface area contributed by atoms with Gasteiger partial charge in [0.05, 0.1) is 30.0 Å². The van der Waals surface area contributed by atoms with E-state index in [0.717, 1.165) is 4.90 Å². The van der Waals surface area contributed by atoms with Gasteiger partial charge in [-0.25, -0.2) is 13.1 Å². The molecule has 3 rings (SSSR count). The van der Waals surface area contributed by atoms with E-state index in [4.69, 9.17) is 0 Å². The maximum Gasteiger partial charge on any atom is 1.00 e. The summed E-state index contributed by atoms with van der Waals surface area (Å²) in [6.07, 6.45) is 2.76. The molecule has 22 heavy (non-hydrogen) atoms. The number of amides is 1. The number of hydrogen-bond donors (Lipinski definition) is 0. The predicted octanol–water partition coefficient (Wildman–Crippen LogP) is -5.34. The maximum atomic E-state index is 12.4. The second-order valence-corrected chi connectivity index (χ2v) is 7.05. The summed E-state index contributed by atoms with van der Waals surface area (Å²) in [5, 5.41) is 17.5. The van der Waals surface area contributed by atoms with Crippen molar-refractivity contribution in [3.05, 3.63) is 22.9 Å². The number of fused-ring (bicyclic) bond motifs is 1. The fourth-order valence-corrected chi connectivity index (χ4v) is 5.00. The Balaban J connectivity index is 0.00000176. The number of allylic oxidation sites excluding steroid dienone is 1. The summed E-state index contributed by atoms with van der Waals surface area (Å²) in [5.74, 6) is -2.09. The Morgan fingerprint density at radius 2 is 2.18 bits per heavy atom. The number of nitrogens with zero attached hydrogens (tertiary/aromatic N) is 4. The van der Waals surface area contributed by atoms with Gasteiger partial charge < -0.3 is 14.8 Å². The number of carboxylic acids is 1. The van der Waals surface area contributed by atoms with E-state index in [0.29, 0.717) is 5.57 Å². The topological polar surface area (TPSA) is 125 Å². The van der Waals surface area contributed by atoms with Crippen molar-refractivity contribution >= 4 is 21.7 Å². The van der Waals surface area contributed by atoms with Crippen LogP contribution in [0.1, 0.15) is 13.3 Å². The molecule has 2 atom stereocenters. The predicted molar refractivity (Wildman–Crippen MR) is 65.7 cm³/mol. The van der Waals surface area contributed by atoms with Crippen LogP contribution in [0.5, 0.6) is 0 Å². The Morgan fingerprint density at radius 3 is 2.68 bits per heavy atom. The Bertz CT molecular complexity index is 757. The second-order valence-electron chi connectivity index (χ2n) is 4.97. The van der Waals surface area contributed by atoms with Crippen LogP contribution in [-0.4, -0.2) is 51.6 Å². The Morgan fingerprint density at radius 1 is 1.50 bits per heavy atom. The smallest absolute Gasteiger partial charge is 0.547 e. The van der Waals surface area contributed by atoms with Gasteiger partial charge >= 0.3 is 51.4 Å². The van der Waals surface area contributed by atoms with Crippen LogP contribution in [0.4, 0.5) is 0 Å². The molecule has 0 spiro atoms. The summed E-state index contributed by atoms with van der Waals surface area (Å²) in [6, 6.07) is -1.55. The first-order valence-corrected chi connectivity index (χ1v) is 7.68. The van der Waals surface area contributed by atoms with E-state index in [9.17, 15) is 23.1 Å². The van der Waals surface area contributed by atoms with Crippen LogP contribution >= 0.6 is 0 Å². The van der Waals surface area contributed by atoms with E-state index in [2.05, 4.69) is 10.3 Å². The van der Waals surface area contributed by atoms with Crippen LogP contribution < -0.4 is 56.5 Å². The molecule has 9 nitrogen and oxygen atoms in total. The molecule has 0 N–H and O–H groups in total. The molecule has 11 heteroatoms. The van der Waals surface area contributed by atoms with Crippen LogP contribution in [0.15, 0.2) is 22.9 Å². The van der Waals surface area contributed by atoms with Crippen molar-refractivity contribution in [1.82, 2.24) is 19.9 Å². The van der Waals surface area contributed by atoms with E-state index in [1.54, 1.807) is 0 Å². The quantitative estimate of drug-likeness (QED) is 0.394. The summed E-state index contributed by atoms with van der Waals surface area (Å²) >= 11 is 0. The third kappa shape index (κ3) is 2.59. The minimum absolute atomic E-state index is 0. The van der Waals surface area contributed by atoms with Crippen molar-refractivity contribution in [2.24, 2.45) is 0 Å². The number of hydrogen-bond acceptors (Lipinski definition) is 7. The van der Waals surface area contributed by atoms with Gasteiger partial charge in [-0.3, -0.25) is 4.79 Å². The van der Waals surface area contributed by atoms with Gasteiger partial charge in [-0.2, -0.15) is 0 Å². The van der Waals surface area contributed by atoms with Crippen LogP contribution in [0.25, 0.3) is 0 Å². The van der Waals surface area contributed by atoms with E-state index < -0.39 is 33.1 Å². The van der Waals surface area contributed by atoms with Gasteiger partial charge in [0.2, 0.25) is 5.91 Å². The van der Waals surface area contributed by atoms with Crippen LogP contribution in [-0.2, 0) is 26.0 Å². The number of carboxylic acid groups (broad SMARTS) is 1. The monoisotopic (exact) mass is 350 g/mol. The van der Waals surface area contributed by atoms with E-state index in [1.165, 1.54) is 24.0 Å². The van der Waals surface area contributed by atoms with Crippen molar-refractivity contribution in [2.45, 2.75) is 31.3 Å². The zero-order valence-corrected chi connectivity index (χ0v) is 15.9. The molecule has 0 aromatic carbocycles. The largest absolute Gasteiger partial charge is 1.00 e. The molecule has 1 unspecified atom stereocenters. The molecular formula is C11H11KN4O5S. The van der Waals surface area contributed by atoms with E-state index >= 15 is 0 Å². The molecule has 2 aliphatic heterocycles. The molecule has 2 aliphatic rings. The summed E-state index contributed by atoms with van der Waals surface area (Å²) in [7, 11) is -3.86. The maximum absolute atomic E-state index is 12.4. The molecule has 1 aromatic rings. The second kappa shape index (κ2) is 6.13. The number of aliphatic carboxylic acids is 1. The van der Waals surface area contributed by atoms with Gasteiger partial charge in [0, 0.05) is 6.20 Å². The summed E-state index contributed by atoms with van der Waals surface area (Å²) in [6.45, 7) is 1.58. The van der Waals surface area contributed by atoms with Crippen LogP contribution in [0.3, 0.4) is 0 Å². The number of sulfone groups is 1. The molecule has 1 amide bonds. The zero-order valence-electron chi connectivity index (χ0n) is 12.0. The third-order valence-electron chi connectivity index (χ3n) is 3.65. The first-order chi connectivity index (χ1) is 9.84. The zero-order chi connectivity index (χ0) is 15.4.